The minimum absolute atomic E-state index is 0.0450. The maximum absolute atomic E-state index is 12.1. The highest BCUT2D eigenvalue weighted by Crippen LogP contribution is 2.14. The summed E-state index contributed by atoms with van der Waals surface area (Å²) in [5.41, 5.74) is 0.842. The summed E-state index contributed by atoms with van der Waals surface area (Å²) >= 11 is 1.46. The third-order valence-corrected chi connectivity index (χ3v) is 5.35. The number of hydrogen-bond acceptors (Lipinski definition) is 5. The fourth-order valence-electron chi connectivity index (χ4n) is 1.80. The summed E-state index contributed by atoms with van der Waals surface area (Å²) in [6.45, 7) is 1.94. The number of morpholine rings is 1. The van der Waals surface area contributed by atoms with Crippen LogP contribution in [0.5, 0.6) is 0 Å². The highest BCUT2D eigenvalue weighted by molar-refractivity contribution is 7.87. The van der Waals surface area contributed by atoms with Crippen LogP contribution in [-0.2, 0) is 21.5 Å². The topological polar surface area (TPSA) is 78.9 Å². The summed E-state index contributed by atoms with van der Waals surface area (Å²) in [6, 6.07) is 1.86. The molecule has 0 aromatic carbocycles. The summed E-state index contributed by atoms with van der Waals surface area (Å²) in [5, 5.41) is 10.5. The smallest absolute Gasteiger partial charge is 0.279 e. The molecule has 1 aromatic heterocycles. The van der Waals surface area contributed by atoms with E-state index in [1.54, 1.807) is 0 Å². The molecule has 1 aromatic rings. The molecule has 2 rings (SSSR count). The number of rotatable bonds is 5. The van der Waals surface area contributed by atoms with Gasteiger partial charge in [-0.15, -0.1) is 11.3 Å². The zero-order chi connectivity index (χ0) is 15.1. The van der Waals surface area contributed by atoms with Crippen molar-refractivity contribution in [1.29, 1.82) is 0 Å². The molecule has 1 fully saturated rings. The third-order valence-electron chi connectivity index (χ3n) is 2.86. The van der Waals surface area contributed by atoms with Crippen molar-refractivity contribution in [3.8, 4) is 11.8 Å². The first kappa shape index (κ1) is 16.4. The van der Waals surface area contributed by atoms with Crippen LogP contribution in [-0.4, -0.2) is 50.7 Å². The highest BCUT2D eigenvalue weighted by atomic mass is 32.2. The quantitative estimate of drug-likeness (QED) is 0.753. The molecule has 21 heavy (non-hydrogen) atoms. The van der Waals surface area contributed by atoms with Crippen LogP contribution < -0.4 is 4.72 Å². The Bertz CT molecular complexity index is 610. The molecule has 8 heteroatoms. The van der Waals surface area contributed by atoms with Gasteiger partial charge in [0, 0.05) is 41.9 Å². The Labute approximate surface area is 128 Å². The summed E-state index contributed by atoms with van der Waals surface area (Å²) < 4.78 is 33.3. The van der Waals surface area contributed by atoms with Gasteiger partial charge in [0.15, 0.2) is 0 Å². The SMILES string of the molecule is O=S(=O)(NCc1cc(C#CCCO)cs1)N1CCOCC1. The second kappa shape index (κ2) is 7.89. The Morgan fingerprint density at radius 3 is 2.90 bits per heavy atom. The highest BCUT2D eigenvalue weighted by Gasteiger charge is 2.23. The first-order valence-electron chi connectivity index (χ1n) is 6.61. The molecule has 0 saturated carbocycles. The van der Waals surface area contributed by atoms with Crippen LogP contribution in [0.3, 0.4) is 0 Å². The van der Waals surface area contributed by atoms with Gasteiger partial charge in [0.2, 0.25) is 0 Å². The van der Waals surface area contributed by atoms with Gasteiger partial charge >= 0.3 is 0 Å². The molecular formula is C13H18N2O4S2. The largest absolute Gasteiger partial charge is 0.395 e. The van der Waals surface area contributed by atoms with Gasteiger partial charge < -0.3 is 9.84 Å². The molecule has 1 aliphatic rings. The number of nitrogens with one attached hydrogen (secondary N) is 1. The first-order valence-corrected chi connectivity index (χ1v) is 8.93. The lowest BCUT2D eigenvalue weighted by molar-refractivity contribution is 0.0725. The predicted octanol–water partition coefficient (Wildman–Crippen LogP) is 0.149. The lowest BCUT2D eigenvalue weighted by Crippen LogP contribution is -2.46. The Morgan fingerprint density at radius 1 is 1.43 bits per heavy atom. The van der Waals surface area contributed by atoms with Crippen molar-refractivity contribution >= 4 is 21.5 Å². The van der Waals surface area contributed by atoms with Crippen molar-refractivity contribution in [3.63, 3.8) is 0 Å². The van der Waals surface area contributed by atoms with Gasteiger partial charge in [-0.05, 0) is 6.07 Å². The molecule has 0 unspecified atom stereocenters. The van der Waals surface area contributed by atoms with Crippen LogP contribution in [0.1, 0.15) is 16.9 Å². The summed E-state index contributed by atoms with van der Waals surface area (Å²) in [4.78, 5) is 0.903. The second-order valence-corrected chi connectivity index (χ2v) is 7.17. The van der Waals surface area contributed by atoms with Gasteiger partial charge in [-0.1, -0.05) is 11.8 Å². The average molecular weight is 330 g/mol. The van der Waals surface area contributed by atoms with E-state index < -0.39 is 10.2 Å². The van der Waals surface area contributed by atoms with Gasteiger partial charge in [0.05, 0.1) is 19.8 Å². The molecule has 1 saturated heterocycles. The number of aliphatic hydroxyl groups excluding tert-OH is 1. The normalized spacial score (nSPS) is 16.4. The molecule has 0 atom stereocenters. The molecule has 2 heterocycles. The first-order chi connectivity index (χ1) is 10.1. The zero-order valence-corrected chi connectivity index (χ0v) is 13.2. The van der Waals surface area contributed by atoms with Crippen LogP contribution in [0.25, 0.3) is 0 Å². The van der Waals surface area contributed by atoms with E-state index in [4.69, 9.17) is 9.84 Å². The summed E-state index contributed by atoms with van der Waals surface area (Å²) in [7, 11) is -3.45. The molecule has 0 spiro atoms. The van der Waals surface area contributed by atoms with Crippen molar-refractivity contribution in [1.82, 2.24) is 9.03 Å². The fourth-order valence-corrected chi connectivity index (χ4v) is 3.80. The molecule has 1 aliphatic heterocycles. The minimum atomic E-state index is -3.45. The van der Waals surface area contributed by atoms with Crippen molar-refractivity contribution in [3.05, 3.63) is 21.9 Å². The van der Waals surface area contributed by atoms with Crippen molar-refractivity contribution < 1.29 is 18.3 Å². The number of aliphatic hydroxyl groups is 1. The summed E-state index contributed by atoms with van der Waals surface area (Å²) in [5.74, 6) is 5.76. The Morgan fingerprint density at radius 2 is 2.19 bits per heavy atom. The molecular weight excluding hydrogens is 312 g/mol. The Hall–Kier alpha value is -0.950. The van der Waals surface area contributed by atoms with Crippen LogP contribution in [0.4, 0.5) is 0 Å². The minimum Gasteiger partial charge on any atom is -0.395 e. The molecule has 0 bridgehead atoms. The number of thiophene rings is 1. The lowest BCUT2D eigenvalue weighted by Gasteiger charge is -2.25. The maximum atomic E-state index is 12.1. The van der Waals surface area contributed by atoms with Crippen molar-refractivity contribution in [2.24, 2.45) is 0 Å². The second-order valence-electron chi connectivity index (χ2n) is 4.41. The van der Waals surface area contributed by atoms with E-state index in [-0.39, 0.29) is 13.2 Å². The number of nitrogens with zero attached hydrogens (tertiary/aromatic N) is 1. The fraction of sp³-hybridized carbons (Fsp3) is 0.538. The average Bonchev–Trinajstić information content (AvgIpc) is 2.95. The van der Waals surface area contributed by atoms with E-state index in [1.165, 1.54) is 15.6 Å². The third kappa shape index (κ3) is 5.07. The van der Waals surface area contributed by atoms with Gasteiger partial charge in [-0.2, -0.15) is 17.4 Å². The maximum Gasteiger partial charge on any atom is 0.279 e. The molecule has 0 amide bonds. The zero-order valence-electron chi connectivity index (χ0n) is 11.5. The lowest BCUT2D eigenvalue weighted by atomic mass is 10.3. The molecule has 6 nitrogen and oxygen atoms in total. The predicted molar refractivity (Wildman–Crippen MR) is 81.1 cm³/mol. The van der Waals surface area contributed by atoms with E-state index in [1.807, 2.05) is 11.4 Å². The van der Waals surface area contributed by atoms with E-state index in [0.717, 1.165) is 10.4 Å². The van der Waals surface area contributed by atoms with E-state index in [9.17, 15) is 8.42 Å². The summed E-state index contributed by atoms with van der Waals surface area (Å²) in [6.07, 6.45) is 0.439. The molecule has 116 valence electrons. The van der Waals surface area contributed by atoms with Gasteiger partial charge in [0.1, 0.15) is 0 Å². The van der Waals surface area contributed by atoms with Gasteiger partial charge in [0.25, 0.3) is 10.2 Å². The van der Waals surface area contributed by atoms with Gasteiger partial charge in [-0.25, -0.2) is 0 Å². The monoisotopic (exact) mass is 330 g/mol. The Balaban J connectivity index is 1.89. The molecule has 2 N–H and O–H groups in total. The van der Waals surface area contributed by atoms with Crippen LogP contribution in [0.15, 0.2) is 11.4 Å². The van der Waals surface area contributed by atoms with Crippen molar-refractivity contribution in [2.45, 2.75) is 13.0 Å². The number of ether oxygens (including phenoxy) is 1. The Kier molecular flexibility index (Phi) is 6.17. The van der Waals surface area contributed by atoms with E-state index >= 15 is 0 Å². The van der Waals surface area contributed by atoms with Gasteiger partial charge in [-0.3, -0.25) is 0 Å². The van der Waals surface area contributed by atoms with Crippen LogP contribution >= 0.6 is 11.3 Å². The van der Waals surface area contributed by atoms with Crippen LogP contribution in [0.2, 0.25) is 0 Å². The standard InChI is InChI=1S/C13H18N2O4S2/c16-6-2-1-3-12-9-13(20-11-12)10-14-21(17,18)15-4-7-19-8-5-15/h9,11,14,16H,2,4-8,10H2. The van der Waals surface area contributed by atoms with Crippen molar-refractivity contribution in [2.75, 3.05) is 32.9 Å². The molecule has 0 radical (unpaired) electrons. The number of hydrogen-bond donors (Lipinski definition) is 2. The molecule has 0 aliphatic carbocycles. The van der Waals surface area contributed by atoms with E-state index in [2.05, 4.69) is 16.6 Å². The van der Waals surface area contributed by atoms with Crippen LogP contribution in [0, 0.1) is 11.8 Å². The van der Waals surface area contributed by atoms with E-state index in [0.29, 0.717) is 32.7 Å².